The Morgan fingerprint density at radius 3 is 2.68 bits per heavy atom. The van der Waals surface area contributed by atoms with Crippen molar-refractivity contribution in [1.29, 1.82) is 0 Å². The number of nitrogens with zero attached hydrogens (tertiary/aromatic N) is 2. The molecule has 0 atom stereocenters. The molecule has 6 nitrogen and oxygen atoms in total. The molecule has 1 saturated heterocycles. The van der Waals surface area contributed by atoms with Crippen molar-refractivity contribution in [2.45, 2.75) is 44.0 Å². The third-order valence-corrected chi connectivity index (χ3v) is 7.06. The van der Waals surface area contributed by atoms with Crippen LogP contribution >= 0.6 is 11.3 Å². The Bertz CT molecular complexity index is 880. The number of sulfonamides is 1. The van der Waals surface area contributed by atoms with Gasteiger partial charge in [-0.1, -0.05) is 17.8 Å². The lowest BCUT2D eigenvalue weighted by atomic mass is 10.1. The van der Waals surface area contributed by atoms with Crippen LogP contribution in [0.1, 0.15) is 32.6 Å². The second kappa shape index (κ2) is 7.99. The lowest BCUT2D eigenvalue weighted by Crippen LogP contribution is -2.33. The highest BCUT2D eigenvalue weighted by Gasteiger charge is 2.16. The maximum absolute atomic E-state index is 12.5. The highest BCUT2D eigenvalue weighted by Crippen LogP contribution is 2.21. The normalized spacial score (nSPS) is 16.5. The summed E-state index contributed by atoms with van der Waals surface area (Å²) in [4.78, 5) is 14.5. The van der Waals surface area contributed by atoms with Gasteiger partial charge in [0.25, 0.3) is 0 Å². The first kappa shape index (κ1) is 18.6. The number of likely N-dealkylation sites (tertiary alicyclic amines) is 1. The molecular formula is C17H25N3O3S2. The molecule has 1 fully saturated rings. The molecule has 0 amide bonds. The molecule has 8 heteroatoms. The van der Waals surface area contributed by atoms with Crippen LogP contribution in [0.15, 0.2) is 27.9 Å². The van der Waals surface area contributed by atoms with Crippen LogP contribution in [0.4, 0.5) is 0 Å². The molecule has 1 N–H and O–H groups in total. The van der Waals surface area contributed by atoms with E-state index in [1.165, 1.54) is 19.3 Å². The topological polar surface area (TPSA) is 71.4 Å². The maximum atomic E-state index is 12.5. The first-order valence-corrected chi connectivity index (χ1v) is 11.2. The van der Waals surface area contributed by atoms with Crippen molar-refractivity contribution in [1.82, 2.24) is 14.2 Å². The number of benzene rings is 1. The Morgan fingerprint density at radius 1 is 1.20 bits per heavy atom. The van der Waals surface area contributed by atoms with E-state index in [9.17, 15) is 13.2 Å². The highest BCUT2D eigenvalue weighted by atomic mass is 32.2. The van der Waals surface area contributed by atoms with E-state index in [0.717, 1.165) is 42.9 Å². The van der Waals surface area contributed by atoms with Crippen LogP contribution in [0, 0.1) is 0 Å². The molecule has 0 unspecified atom stereocenters. The first-order valence-electron chi connectivity index (χ1n) is 8.86. The average Bonchev–Trinajstić information content (AvgIpc) is 2.93. The van der Waals surface area contributed by atoms with Crippen molar-refractivity contribution in [2.75, 3.05) is 26.2 Å². The third-order valence-electron chi connectivity index (χ3n) is 4.66. The summed E-state index contributed by atoms with van der Waals surface area (Å²) >= 11 is 1.09. The fourth-order valence-corrected chi connectivity index (χ4v) is 5.46. The first-order chi connectivity index (χ1) is 12.0. The van der Waals surface area contributed by atoms with Gasteiger partial charge in [0.2, 0.25) is 10.0 Å². The summed E-state index contributed by atoms with van der Waals surface area (Å²) in [5, 5.41) is 0. The number of thiazole rings is 1. The van der Waals surface area contributed by atoms with Crippen molar-refractivity contribution in [2.24, 2.45) is 0 Å². The largest absolute Gasteiger partial charge is 0.308 e. The molecule has 0 saturated carbocycles. The number of nitrogens with one attached hydrogen (secondary N) is 1. The summed E-state index contributed by atoms with van der Waals surface area (Å²) in [7, 11) is -3.54. The zero-order valence-corrected chi connectivity index (χ0v) is 16.2. The lowest BCUT2D eigenvalue weighted by molar-refractivity contribution is 0.227. The van der Waals surface area contributed by atoms with E-state index in [2.05, 4.69) is 9.62 Å². The van der Waals surface area contributed by atoms with Crippen LogP contribution in [0.5, 0.6) is 0 Å². The van der Waals surface area contributed by atoms with Crippen LogP contribution in [0.3, 0.4) is 0 Å². The molecule has 1 aromatic carbocycles. The van der Waals surface area contributed by atoms with Gasteiger partial charge in [0, 0.05) is 13.1 Å². The quantitative estimate of drug-likeness (QED) is 0.745. The Hall–Kier alpha value is -1.22. The van der Waals surface area contributed by atoms with Gasteiger partial charge in [0.1, 0.15) is 0 Å². The van der Waals surface area contributed by atoms with E-state index < -0.39 is 10.0 Å². The molecule has 1 aliphatic heterocycles. The summed E-state index contributed by atoms with van der Waals surface area (Å²) < 4.78 is 30.0. The van der Waals surface area contributed by atoms with Gasteiger partial charge >= 0.3 is 4.87 Å². The summed E-state index contributed by atoms with van der Waals surface area (Å²) in [5.74, 6) is 0. The van der Waals surface area contributed by atoms with E-state index >= 15 is 0 Å². The van der Waals surface area contributed by atoms with Crippen LogP contribution in [-0.4, -0.2) is 44.1 Å². The molecule has 138 valence electrons. The van der Waals surface area contributed by atoms with Gasteiger partial charge in [0.05, 0.1) is 15.1 Å². The number of aromatic nitrogens is 1. The minimum Gasteiger partial charge on any atom is -0.303 e. The molecule has 0 bridgehead atoms. The predicted molar refractivity (Wildman–Crippen MR) is 102 cm³/mol. The number of rotatable bonds is 7. The fourth-order valence-electron chi connectivity index (χ4n) is 3.29. The van der Waals surface area contributed by atoms with E-state index in [1.54, 1.807) is 22.8 Å². The van der Waals surface area contributed by atoms with Crippen molar-refractivity contribution in [3.63, 3.8) is 0 Å². The van der Waals surface area contributed by atoms with E-state index in [1.807, 2.05) is 6.92 Å². The number of hydrogen-bond donors (Lipinski definition) is 1. The van der Waals surface area contributed by atoms with Gasteiger partial charge in [0.15, 0.2) is 0 Å². The van der Waals surface area contributed by atoms with Gasteiger partial charge in [-0.15, -0.1) is 0 Å². The molecule has 2 aromatic rings. The number of fused-ring (bicyclic) bond motifs is 1. The Balaban J connectivity index is 1.63. The summed E-state index contributed by atoms with van der Waals surface area (Å²) in [5.41, 5.74) is 0.793. The van der Waals surface area contributed by atoms with E-state index in [4.69, 9.17) is 0 Å². The molecule has 0 aliphatic carbocycles. The minimum absolute atomic E-state index is 0.0541. The highest BCUT2D eigenvalue weighted by molar-refractivity contribution is 7.89. The van der Waals surface area contributed by atoms with Gasteiger partial charge in [-0.05, 0) is 64.0 Å². The van der Waals surface area contributed by atoms with Crippen LogP contribution in [0.2, 0.25) is 0 Å². The molecule has 1 aliphatic rings. The zero-order chi connectivity index (χ0) is 17.9. The summed E-state index contributed by atoms with van der Waals surface area (Å²) in [6, 6.07) is 4.90. The second-order valence-corrected chi connectivity index (χ2v) is 9.16. The van der Waals surface area contributed by atoms with Crippen molar-refractivity contribution in [3.05, 3.63) is 27.9 Å². The standard InChI is InChI=1S/C17H25N3O3S2/c1-2-20-15-8-7-14(13-16(15)24-17(20)21)25(22,23)18-9-6-12-19-10-4-3-5-11-19/h7-8,13,18H,2-6,9-12H2,1H3. The zero-order valence-electron chi connectivity index (χ0n) is 14.5. The van der Waals surface area contributed by atoms with Crippen LogP contribution in [0.25, 0.3) is 10.2 Å². The molecular weight excluding hydrogens is 358 g/mol. The van der Waals surface area contributed by atoms with Crippen molar-refractivity contribution in [3.8, 4) is 0 Å². The van der Waals surface area contributed by atoms with Crippen LogP contribution < -0.4 is 9.60 Å². The Morgan fingerprint density at radius 2 is 1.96 bits per heavy atom. The van der Waals surface area contributed by atoms with Gasteiger partial charge in [-0.2, -0.15) is 0 Å². The predicted octanol–water partition coefficient (Wildman–Crippen LogP) is 2.24. The van der Waals surface area contributed by atoms with E-state index in [0.29, 0.717) is 17.8 Å². The SMILES string of the molecule is CCn1c(=O)sc2cc(S(=O)(=O)NCCCN3CCCCC3)ccc21. The van der Waals surface area contributed by atoms with Crippen molar-refractivity contribution < 1.29 is 8.42 Å². The maximum Gasteiger partial charge on any atom is 0.308 e. The third kappa shape index (κ3) is 4.31. The Kier molecular flexibility index (Phi) is 5.93. The Labute approximate surface area is 152 Å². The smallest absolute Gasteiger partial charge is 0.303 e. The van der Waals surface area contributed by atoms with Crippen molar-refractivity contribution >= 4 is 31.6 Å². The van der Waals surface area contributed by atoms with Gasteiger partial charge in [-0.3, -0.25) is 9.36 Å². The monoisotopic (exact) mass is 383 g/mol. The second-order valence-electron chi connectivity index (χ2n) is 6.40. The fraction of sp³-hybridized carbons (Fsp3) is 0.588. The molecule has 2 heterocycles. The van der Waals surface area contributed by atoms with Gasteiger partial charge in [-0.25, -0.2) is 13.1 Å². The average molecular weight is 384 g/mol. The molecule has 1 aromatic heterocycles. The molecule has 0 radical (unpaired) electrons. The number of aryl methyl sites for hydroxylation is 1. The summed E-state index contributed by atoms with van der Waals surface area (Å²) in [6.07, 6.45) is 4.59. The van der Waals surface area contributed by atoms with Gasteiger partial charge < -0.3 is 4.90 Å². The molecule has 3 rings (SSSR count). The molecule has 25 heavy (non-hydrogen) atoms. The number of piperidine rings is 1. The summed E-state index contributed by atoms with van der Waals surface area (Å²) in [6.45, 7) is 6.10. The number of hydrogen-bond acceptors (Lipinski definition) is 5. The minimum atomic E-state index is -3.54. The van der Waals surface area contributed by atoms with E-state index in [-0.39, 0.29) is 9.77 Å². The van der Waals surface area contributed by atoms with Crippen LogP contribution in [-0.2, 0) is 16.6 Å². The lowest BCUT2D eigenvalue weighted by Gasteiger charge is -2.26. The molecule has 0 spiro atoms.